The van der Waals surface area contributed by atoms with Gasteiger partial charge in [-0.15, -0.1) is 0 Å². The molecule has 0 spiro atoms. The highest BCUT2D eigenvalue weighted by Gasteiger charge is 2.60. The van der Waals surface area contributed by atoms with Crippen molar-refractivity contribution in [3.05, 3.63) is 12.2 Å². The second kappa shape index (κ2) is 8.53. The molecule has 186 valence electrons. The van der Waals surface area contributed by atoms with Gasteiger partial charge in [-0.2, -0.15) is 0 Å². The van der Waals surface area contributed by atoms with Crippen LogP contribution in [0.25, 0.3) is 0 Å². The van der Waals surface area contributed by atoms with E-state index in [1.165, 1.54) is 44.1 Å². The van der Waals surface area contributed by atoms with E-state index >= 15 is 0 Å². The van der Waals surface area contributed by atoms with Gasteiger partial charge in [0, 0.05) is 5.92 Å². The van der Waals surface area contributed by atoms with Crippen molar-refractivity contribution in [1.82, 2.24) is 0 Å². The summed E-state index contributed by atoms with van der Waals surface area (Å²) in [5, 5.41) is 11.9. The molecule has 4 saturated carbocycles. The molecular formula is C30H50O2Si. The fraction of sp³-hybridized carbons (Fsp3) is 0.867. The maximum atomic E-state index is 11.9. The van der Waals surface area contributed by atoms with Crippen LogP contribution >= 0.6 is 0 Å². The number of allylic oxidation sites excluding steroid dienone is 1. The van der Waals surface area contributed by atoms with Crippen LogP contribution < -0.4 is 0 Å². The van der Waals surface area contributed by atoms with Crippen molar-refractivity contribution in [3.8, 4) is 11.8 Å². The zero-order valence-corrected chi connectivity index (χ0v) is 23.7. The highest BCUT2D eigenvalue weighted by atomic mass is 28.4. The molecule has 33 heavy (non-hydrogen) atoms. The molecule has 4 fully saturated rings. The Hall–Kier alpha value is -0.563. The highest BCUT2D eigenvalue weighted by molar-refractivity contribution is 6.69. The first-order valence-electron chi connectivity index (χ1n) is 13.9. The van der Waals surface area contributed by atoms with E-state index in [0.717, 1.165) is 38.0 Å². The highest BCUT2D eigenvalue weighted by Crippen LogP contribution is 2.66. The Labute approximate surface area is 205 Å². The van der Waals surface area contributed by atoms with E-state index in [4.69, 9.17) is 4.43 Å². The van der Waals surface area contributed by atoms with Gasteiger partial charge in [0.25, 0.3) is 0 Å². The second-order valence-corrected chi connectivity index (χ2v) is 18.6. The van der Waals surface area contributed by atoms with Crippen molar-refractivity contribution < 1.29 is 9.53 Å². The lowest BCUT2D eigenvalue weighted by Crippen LogP contribution is -2.49. The number of fused-ring (bicyclic) bond motifs is 2. The molecule has 0 heterocycles. The fourth-order valence-electron chi connectivity index (χ4n) is 8.48. The van der Waals surface area contributed by atoms with Crippen LogP contribution in [0.3, 0.4) is 0 Å². The summed E-state index contributed by atoms with van der Waals surface area (Å²) in [6.45, 7) is 20.7. The lowest BCUT2D eigenvalue weighted by molar-refractivity contribution is -0.0718. The van der Waals surface area contributed by atoms with Crippen LogP contribution in [0.1, 0.15) is 98.3 Å². The van der Waals surface area contributed by atoms with Crippen LogP contribution in [0.2, 0.25) is 19.6 Å². The molecule has 0 aromatic heterocycles. The molecular weight excluding hydrogens is 420 g/mol. The summed E-state index contributed by atoms with van der Waals surface area (Å²) in [5.74, 6) is 9.59. The van der Waals surface area contributed by atoms with E-state index in [2.05, 4.69) is 65.8 Å². The minimum Gasteiger partial charge on any atom is -0.413 e. The van der Waals surface area contributed by atoms with Gasteiger partial charge in [-0.25, -0.2) is 0 Å². The predicted octanol–water partition coefficient (Wildman–Crippen LogP) is 7.73. The third kappa shape index (κ3) is 4.92. The zero-order chi connectivity index (χ0) is 24.3. The first-order valence-corrected chi connectivity index (χ1v) is 17.3. The zero-order valence-electron chi connectivity index (χ0n) is 22.7. The summed E-state index contributed by atoms with van der Waals surface area (Å²) in [6.07, 6.45) is 12.8. The van der Waals surface area contributed by atoms with E-state index < -0.39 is 13.9 Å². The van der Waals surface area contributed by atoms with Crippen LogP contribution in [0.4, 0.5) is 0 Å². The lowest BCUT2D eigenvalue weighted by Gasteiger charge is -2.49. The quantitative estimate of drug-likeness (QED) is 0.234. The van der Waals surface area contributed by atoms with E-state index in [9.17, 15) is 5.11 Å². The van der Waals surface area contributed by atoms with Crippen LogP contribution in [0.5, 0.6) is 0 Å². The van der Waals surface area contributed by atoms with Crippen molar-refractivity contribution in [2.75, 3.05) is 0 Å². The first-order chi connectivity index (χ1) is 15.2. The molecule has 0 saturated heterocycles. The van der Waals surface area contributed by atoms with E-state index in [-0.39, 0.29) is 16.4 Å². The Morgan fingerprint density at radius 1 is 1.18 bits per heavy atom. The molecule has 1 N–H and O–H groups in total. The molecule has 0 amide bonds. The summed E-state index contributed by atoms with van der Waals surface area (Å²) >= 11 is 0. The average molecular weight is 471 g/mol. The van der Waals surface area contributed by atoms with Crippen molar-refractivity contribution in [2.24, 2.45) is 34.5 Å². The number of hydrogen-bond acceptors (Lipinski definition) is 2. The molecule has 0 radical (unpaired) electrons. The smallest absolute Gasteiger partial charge is 0.184 e. The van der Waals surface area contributed by atoms with Gasteiger partial charge < -0.3 is 9.53 Å². The Morgan fingerprint density at radius 2 is 1.91 bits per heavy atom. The fourth-order valence-corrected chi connectivity index (χ4v) is 10.2. The van der Waals surface area contributed by atoms with Crippen LogP contribution in [0.15, 0.2) is 12.2 Å². The van der Waals surface area contributed by atoms with Gasteiger partial charge in [-0.3, -0.25) is 0 Å². The predicted molar refractivity (Wildman–Crippen MR) is 141 cm³/mol. The van der Waals surface area contributed by atoms with Gasteiger partial charge in [0.05, 0.1) is 11.0 Å². The normalized spacial score (nSPS) is 41.2. The van der Waals surface area contributed by atoms with Crippen LogP contribution in [-0.4, -0.2) is 24.6 Å². The summed E-state index contributed by atoms with van der Waals surface area (Å²) in [6, 6.07) is 0. The molecule has 0 aromatic rings. The molecule has 0 bridgehead atoms. The summed E-state index contributed by atoms with van der Waals surface area (Å²) in [4.78, 5) is 0. The van der Waals surface area contributed by atoms with Crippen LogP contribution in [-0.2, 0) is 4.43 Å². The summed E-state index contributed by atoms with van der Waals surface area (Å²) < 4.78 is 6.44. The standard InChI is InChI=1S/C30H50O2Si/c1-22(11-9-16-27(3,4)32-33(6,7)8)25-14-15-26-28(25,5)17-10-18-30(26,31)20-19-29-21-24(29)13-12-23(29)2/h22,24-26,31H,2,9-18,21H2,1,3-8H3/t22-,24-,25-,26-,28-,29-,30-/m1/s1. The topological polar surface area (TPSA) is 29.5 Å². The van der Waals surface area contributed by atoms with E-state index in [1.807, 2.05) is 0 Å². The Kier molecular flexibility index (Phi) is 6.60. The lowest BCUT2D eigenvalue weighted by atomic mass is 9.57. The molecule has 0 aromatic carbocycles. The Morgan fingerprint density at radius 3 is 2.52 bits per heavy atom. The molecule has 2 nitrogen and oxygen atoms in total. The number of rotatable bonds is 7. The molecule has 4 aliphatic rings. The van der Waals surface area contributed by atoms with Crippen molar-refractivity contribution >= 4 is 8.32 Å². The Bertz CT molecular complexity index is 828. The van der Waals surface area contributed by atoms with Gasteiger partial charge >= 0.3 is 0 Å². The van der Waals surface area contributed by atoms with E-state index in [0.29, 0.717) is 17.8 Å². The monoisotopic (exact) mass is 470 g/mol. The third-order valence-corrected chi connectivity index (χ3v) is 11.2. The van der Waals surface area contributed by atoms with E-state index in [1.54, 1.807) is 0 Å². The SMILES string of the molecule is C=C1CC[C@@H]2C[C@]12C#C[C@]1(O)CCC[C@]2(C)[C@@H]([C@H](C)CCCC(C)(C)O[Si](C)(C)C)CC[C@H]21. The maximum absolute atomic E-state index is 11.9. The van der Waals surface area contributed by atoms with Gasteiger partial charge in [0.2, 0.25) is 0 Å². The van der Waals surface area contributed by atoms with Gasteiger partial charge in [0.15, 0.2) is 8.32 Å². The van der Waals surface area contributed by atoms with Gasteiger partial charge in [-0.1, -0.05) is 50.7 Å². The second-order valence-electron chi connectivity index (χ2n) is 14.1. The van der Waals surface area contributed by atoms with Gasteiger partial charge in [0.1, 0.15) is 5.60 Å². The molecule has 4 aliphatic carbocycles. The minimum atomic E-state index is -1.52. The average Bonchev–Trinajstić information content (AvgIpc) is 3.15. The number of hydrogen-bond donors (Lipinski definition) is 1. The summed E-state index contributed by atoms with van der Waals surface area (Å²) in [7, 11) is -1.52. The van der Waals surface area contributed by atoms with Crippen molar-refractivity contribution in [1.29, 1.82) is 0 Å². The van der Waals surface area contributed by atoms with Gasteiger partial charge in [-0.05, 0) is 114 Å². The third-order valence-electron chi connectivity index (χ3n) is 10.00. The number of aliphatic hydroxyl groups is 1. The maximum Gasteiger partial charge on any atom is 0.184 e. The molecule has 3 heteroatoms. The largest absolute Gasteiger partial charge is 0.413 e. The molecule has 0 aliphatic heterocycles. The van der Waals surface area contributed by atoms with Crippen molar-refractivity contribution in [3.63, 3.8) is 0 Å². The molecule has 7 atom stereocenters. The molecule has 4 rings (SSSR count). The van der Waals surface area contributed by atoms with Crippen LogP contribution in [0, 0.1) is 46.3 Å². The van der Waals surface area contributed by atoms with Crippen molar-refractivity contribution in [2.45, 2.75) is 129 Å². The molecule has 0 unspecified atom stereocenters. The summed E-state index contributed by atoms with van der Waals surface area (Å²) in [5.41, 5.74) is 0.816. The Balaban J connectivity index is 1.40. The first kappa shape index (κ1) is 25.5. The minimum absolute atomic E-state index is 0.0166.